The predicted octanol–water partition coefficient (Wildman–Crippen LogP) is 1.44. The average molecular weight is 358 g/mol. The van der Waals surface area contributed by atoms with Crippen molar-refractivity contribution in [1.29, 1.82) is 0 Å². The maximum absolute atomic E-state index is 12.0. The Hall–Kier alpha value is -2.87. The molecule has 0 amide bonds. The van der Waals surface area contributed by atoms with Crippen LogP contribution in [-0.2, 0) is 4.79 Å². The van der Waals surface area contributed by atoms with E-state index in [0.29, 0.717) is 43.2 Å². The maximum Gasteiger partial charge on any atom is 0.325 e. The summed E-state index contributed by atoms with van der Waals surface area (Å²) in [6, 6.07) is 4.42. The predicted molar refractivity (Wildman–Crippen MR) is 95.7 cm³/mol. The van der Waals surface area contributed by atoms with E-state index in [1.807, 2.05) is 4.90 Å². The number of methoxy groups -OCH3 is 2. The molecule has 0 bridgehead atoms. The van der Waals surface area contributed by atoms with Crippen LogP contribution in [0.3, 0.4) is 0 Å². The topological polar surface area (TPSA) is 88.0 Å². The number of hydrogen-bond acceptors (Lipinski definition) is 7. The summed E-state index contributed by atoms with van der Waals surface area (Å²) in [7, 11) is 3.09. The van der Waals surface area contributed by atoms with Crippen molar-refractivity contribution in [3.8, 4) is 11.5 Å². The lowest BCUT2D eigenvalue weighted by molar-refractivity contribution is -0.143. The van der Waals surface area contributed by atoms with Crippen molar-refractivity contribution >= 4 is 11.8 Å². The lowest BCUT2D eigenvalue weighted by atomic mass is 10.0. The van der Waals surface area contributed by atoms with Crippen molar-refractivity contribution in [3.05, 3.63) is 42.4 Å². The van der Waals surface area contributed by atoms with E-state index in [1.54, 1.807) is 43.9 Å². The molecule has 1 aliphatic rings. The number of ether oxygens (including phenoxy) is 2. The van der Waals surface area contributed by atoms with Gasteiger partial charge in [0, 0.05) is 44.1 Å². The lowest BCUT2D eigenvalue weighted by Gasteiger charge is -2.38. The molecule has 3 rings (SSSR count). The summed E-state index contributed by atoms with van der Waals surface area (Å²) < 4.78 is 10.6. The summed E-state index contributed by atoms with van der Waals surface area (Å²) >= 11 is 0. The Labute approximate surface area is 152 Å². The molecule has 2 aromatic rings. The number of nitrogens with zero attached hydrogens (tertiary/aromatic N) is 4. The van der Waals surface area contributed by atoms with Gasteiger partial charge in [-0.3, -0.25) is 14.7 Å². The number of hydrogen-bond donors (Lipinski definition) is 1. The van der Waals surface area contributed by atoms with Gasteiger partial charge in [-0.25, -0.2) is 4.98 Å². The Bertz CT molecular complexity index is 748. The van der Waals surface area contributed by atoms with Crippen LogP contribution >= 0.6 is 0 Å². The fraction of sp³-hybridized carbons (Fsp3) is 0.389. The average Bonchev–Trinajstić information content (AvgIpc) is 2.69. The van der Waals surface area contributed by atoms with Gasteiger partial charge in [-0.2, -0.15) is 0 Å². The molecular formula is C18H22N4O4. The number of rotatable bonds is 6. The number of carboxylic acids is 1. The van der Waals surface area contributed by atoms with Crippen LogP contribution in [0.15, 0.2) is 36.8 Å². The van der Waals surface area contributed by atoms with Gasteiger partial charge >= 0.3 is 5.97 Å². The molecule has 1 aromatic heterocycles. The second kappa shape index (κ2) is 8.01. The molecule has 8 heteroatoms. The summed E-state index contributed by atoms with van der Waals surface area (Å²) in [5.74, 6) is 1.03. The second-order valence-corrected chi connectivity index (χ2v) is 5.94. The molecule has 0 aliphatic carbocycles. The number of carboxylic acid groups (broad SMARTS) is 1. The molecule has 1 saturated heterocycles. The van der Waals surface area contributed by atoms with E-state index in [1.165, 1.54) is 7.11 Å². The van der Waals surface area contributed by atoms with Crippen LogP contribution in [0.1, 0.15) is 11.6 Å². The molecule has 1 aliphatic heterocycles. The Morgan fingerprint density at radius 3 is 2.50 bits per heavy atom. The molecule has 0 unspecified atom stereocenters. The zero-order valence-corrected chi connectivity index (χ0v) is 14.8. The zero-order chi connectivity index (χ0) is 18.5. The summed E-state index contributed by atoms with van der Waals surface area (Å²) in [6.45, 7) is 2.53. The molecule has 1 atom stereocenters. The van der Waals surface area contributed by atoms with Crippen LogP contribution in [0.25, 0.3) is 0 Å². The molecule has 8 nitrogen and oxygen atoms in total. The monoisotopic (exact) mass is 358 g/mol. The van der Waals surface area contributed by atoms with Gasteiger partial charge in [0.2, 0.25) is 0 Å². The highest BCUT2D eigenvalue weighted by Crippen LogP contribution is 2.33. The first-order chi connectivity index (χ1) is 12.6. The zero-order valence-electron chi connectivity index (χ0n) is 14.8. The summed E-state index contributed by atoms with van der Waals surface area (Å²) in [6.07, 6.45) is 5.01. The highest BCUT2D eigenvalue weighted by Gasteiger charge is 2.33. The third kappa shape index (κ3) is 3.70. The fourth-order valence-electron chi connectivity index (χ4n) is 3.20. The number of benzene rings is 1. The standard InChI is InChI=1S/C18H22N4O4/c1-25-13-3-4-15(26-2)14(11-13)17(18(23)24)22-9-7-21(8-10-22)16-12-19-5-6-20-16/h3-6,11-12,17H,7-10H2,1-2H3,(H,23,24)/t17-/m1/s1. The van der Waals surface area contributed by atoms with Gasteiger partial charge in [-0.05, 0) is 18.2 Å². The van der Waals surface area contributed by atoms with E-state index >= 15 is 0 Å². The van der Waals surface area contributed by atoms with E-state index in [9.17, 15) is 9.90 Å². The molecule has 2 heterocycles. The first kappa shape index (κ1) is 17.9. The Morgan fingerprint density at radius 1 is 1.15 bits per heavy atom. The fourth-order valence-corrected chi connectivity index (χ4v) is 3.20. The minimum Gasteiger partial charge on any atom is -0.497 e. The van der Waals surface area contributed by atoms with Crippen molar-refractivity contribution in [2.24, 2.45) is 0 Å². The van der Waals surface area contributed by atoms with Gasteiger partial charge in [0.15, 0.2) is 0 Å². The highest BCUT2D eigenvalue weighted by atomic mass is 16.5. The minimum atomic E-state index is -0.912. The van der Waals surface area contributed by atoms with Crippen molar-refractivity contribution < 1.29 is 19.4 Å². The van der Waals surface area contributed by atoms with Crippen molar-refractivity contribution in [1.82, 2.24) is 14.9 Å². The van der Waals surface area contributed by atoms with E-state index in [-0.39, 0.29) is 0 Å². The second-order valence-electron chi connectivity index (χ2n) is 5.94. The highest BCUT2D eigenvalue weighted by molar-refractivity contribution is 5.77. The Morgan fingerprint density at radius 2 is 1.92 bits per heavy atom. The quantitative estimate of drug-likeness (QED) is 0.830. The van der Waals surface area contributed by atoms with E-state index < -0.39 is 12.0 Å². The SMILES string of the molecule is COc1ccc(OC)c([C@H](C(=O)O)N2CCN(c3cnccn3)CC2)c1. The number of anilines is 1. The molecule has 1 N–H and O–H groups in total. The third-order valence-electron chi connectivity index (χ3n) is 4.52. The number of aliphatic carboxylic acids is 1. The molecule has 26 heavy (non-hydrogen) atoms. The van der Waals surface area contributed by atoms with E-state index in [4.69, 9.17) is 9.47 Å². The third-order valence-corrected chi connectivity index (χ3v) is 4.52. The maximum atomic E-state index is 12.0. The van der Waals surface area contributed by atoms with Gasteiger partial charge in [0.25, 0.3) is 0 Å². The van der Waals surface area contributed by atoms with Gasteiger partial charge in [-0.1, -0.05) is 0 Å². The van der Waals surface area contributed by atoms with Crippen LogP contribution in [-0.4, -0.2) is 66.3 Å². The van der Waals surface area contributed by atoms with Gasteiger partial charge in [0.05, 0.1) is 20.4 Å². The number of carbonyl (C=O) groups is 1. The molecule has 1 aromatic carbocycles. The molecule has 138 valence electrons. The molecule has 1 fully saturated rings. The Kier molecular flexibility index (Phi) is 5.52. The van der Waals surface area contributed by atoms with E-state index in [2.05, 4.69) is 14.9 Å². The van der Waals surface area contributed by atoms with Gasteiger partial charge in [0.1, 0.15) is 23.4 Å². The van der Waals surface area contributed by atoms with Crippen LogP contribution in [0.2, 0.25) is 0 Å². The molecule has 0 spiro atoms. The Balaban J connectivity index is 1.81. The molecule has 0 radical (unpaired) electrons. The number of aromatic nitrogens is 2. The van der Waals surface area contributed by atoms with Crippen molar-refractivity contribution in [2.45, 2.75) is 6.04 Å². The number of piperazine rings is 1. The van der Waals surface area contributed by atoms with Crippen LogP contribution in [0, 0.1) is 0 Å². The first-order valence-electron chi connectivity index (χ1n) is 8.33. The summed E-state index contributed by atoms with van der Waals surface area (Å²) in [4.78, 5) is 24.5. The molecular weight excluding hydrogens is 336 g/mol. The summed E-state index contributed by atoms with van der Waals surface area (Å²) in [5, 5.41) is 9.87. The van der Waals surface area contributed by atoms with Gasteiger partial charge < -0.3 is 19.5 Å². The van der Waals surface area contributed by atoms with Crippen LogP contribution in [0.4, 0.5) is 5.82 Å². The molecule has 0 saturated carbocycles. The minimum absolute atomic E-state index is 0.537. The summed E-state index contributed by atoms with van der Waals surface area (Å²) in [5.41, 5.74) is 0.590. The lowest BCUT2D eigenvalue weighted by Crippen LogP contribution is -2.49. The van der Waals surface area contributed by atoms with Crippen LogP contribution in [0.5, 0.6) is 11.5 Å². The van der Waals surface area contributed by atoms with Crippen molar-refractivity contribution in [3.63, 3.8) is 0 Å². The van der Waals surface area contributed by atoms with Crippen LogP contribution < -0.4 is 14.4 Å². The smallest absolute Gasteiger partial charge is 0.325 e. The first-order valence-corrected chi connectivity index (χ1v) is 8.33. The van der Waals surface area contributed by atoms with E-state index in [0.717, 1.165) is 5.82 Å². The largest absolute Gasteiger partial charge is 0.497 e. The van der Waals surface area contributed by atoms with Gasteiger partial charge in [-0.15, -0.1) is 0 Å². The normalized spacial score (nSPS) is 16.2. The van der Waals surface area contributed by atoms with Crippen molar-refractivity contribution in [2.75, 3.05) is 45.3 Å².